The third-order valence-electron chi connectivity index (χ3n) is 1.98. The second-order valence-electron chi connectivity index (χ2n) is 3.18. The highest BCUT2D eigenvalue weighted by Crippen LogP contribution is 2.29. The molecule has 2 nitrogen and oxygen atoms in total. The largest absolute Gasteiger partial charge is 0.403 e. The molecule has 1 unspecified atom stereocenters. The summed E-state index contributed by atoms with van der Waals surface area (Å²) in [4.78, 5) is -1.61. The first-order valence-corrected chi connectivity index (χ1v) is 5.43. The lowest BCUT2D eigenvalue weighted by atomic mass is 10.4. The van der Waals surface area contributed by atoms with E-state index in [2.05, 4.69) is 21.0 Å². The van der Waals surface area contributed by atoms with Crippen LogP contribution in [0.1, 0.15) is 11.4 Å². The van der Waals surface area contributed by atoms with Crippen LogP contribution >= 0.6 is 27.5 Å². The molecule has 1 heterocycles. The van der Waals surface area contributed by atoms with Gasteiger partial charge in [-0.1, -0.05) is 27.5 Å². The van der Waals surface area contributed by atoms with Gasteiger partial charge in [-0.05, 0) is 13.8 Å². The monoisotopic (exact) mass is 304 g/mol. The van der Waals surface area contributed by atoms with Crippen molar-refractivity contribution < 1.29 is 13.2 Å². The molecule has 0 radical (unpaired) electrons. The van der Waals surface area contributed by atoms with E-state index < -0.39 is 11.0 Å². The van der Waals surface area contributed by atoms with Gasteiger partial charge in [0.05, 0.1) is 23.0 Å². The van der Waals surface area contributed by atoms with E-state index in [9.17, 15) is 13.2 Å². The number of rotatable bonds is 2. The molecule has 1 rings (SSSR count). The van der Waals surface area contributed by atoms with Crippen molar-refractivity contribution in [2.75, 3.05) is 0 Å². The van der Waals surface area contributed by atoms with Gasteiger partial charge in [0.15, 0.2) is 0 Å². The van der Waals surface area contributed by atoms with Crippen molar-refractivity contribution in [3.05, 3.63) is 16.4 Å². The number of aryl methyl sites for hydroxylation is 1. The summed E-state index contributed by atoms with van der Waals surface area (Å²) in [6.45, 7) is 3.02. The second kappa shape index (κ2) is 4.33. The van der Waals surface area contributed by atoms with Gasteiger partial charge in [0.2, 0.25) is 0 Å². The topological polar surface area (TPSA) is 17.8 Å². The van der Waals surface area contributed by atoms with E-state index in [1.165, 1.54) is 4.68 Å². The summed E-state index contributed by atoms with van der Waals surface area (Å²) in [5.41, 5.74) is 1.08. The van der Waals surface area contributed by atoms with Crippen molar-refractivity contribution in [2.24, 2.45) is 0 Å². The van der Waals surface area contributed by atoms with E-state index in [1.807, 2.05) is 0 Å². The van der Waals surface area contributed by atoms with Crippen molar-refractivity contribution in [3.63, 3.8) is 0 Å². The standard InChI is InChI=1S/C8H9BrClF3N2/c1-4-7(10)5(2)15(14-4)3-6(9)8(11,12)13/h6H,3H2,1-2H3. The zero-order chi connectivity index (χ0) is 11.8. The van der Waals surface area contributed by atoms with E-state index in [0.29, 0.717) is 16.4 Å². The van der Waals surface area contributed by atoms with Crippen molar-refractivity contribution in [1.82, 2.24) is 9.78 Å². The normalized spacial score (nSPS) is 14.3. The minimum Gasteiger partial charge on any atom is -0.267 e. The highest BCUT2D eigenvalue weighted by atomic mass is 79.9. The van der Waals surface area contributed by atoms with Crippen LogP contribution in [0.25, 0.3) is 0 Å². The van der Waals surface area contributed by atoms with Crippen LogP contribution < -0.4 is 0 Å². The molecule has 0 aliphatic heterocycles. The van der Waals surface area contributed by atoms with Crippen LogP contribution in [0, 0.1) is 13.8 Å². The van der Waals surface area contributed by atoms with Crippen molar-refractivity contribution in [1.29, 1.82) is 0 Å². The molecule has 0 aliphatic rings. The highest BCUT2D eigenvalue weighted by molar-refractivity contribution is 9.09. The van der Waals surface area contributed by atoms with Gasteiger partial charge >= 0.3 is 6.18 Å². The number of halogens is 5. The summed E-state index contributed by atoms with van der Waals surface area (Å²) < 4.78 is 38.0. The van der Waals surface area contributed by atoms with Crippen molar-refractivity contribution in [3.8, 4) is 0 Å². The molecule has 1 atom stereocenters. The predicted molar refractivity (Wildman–Crippen MR) is 55.5 cm³/mol. The van der Waals surface area contributed by atoms with Crippen molar-refractivity contribution in [2.45, 2.75) is 31.4 Å². The molecule has 0 N–H and O–H groups in total. The quantitative estimate of drug-likeness (QED) is 0.765. The van der Waals surface area contributed by atoms with E-state index in [1.54, 1.807) is 13.8 Å². The molecule has 0 saturated carbocycles. The zero-order valence-corrected chi connectivity index (χ0v) is 10.4. The maximum absolute atomic E-state index is 12.3. The van der Waals surface area contributed by atoms with E-state index in [-0.39, 0.29) is 6.54 Å². The minimum atomic E-state index is -4.28. The van der Waals surface area contributed by atoms with Crippen LogP contribution in [-0.4, -0.2) is 20.8 Å². The summed E-state index contributed by atoms with van der Waals surface area (Å²) in [6, 6.07) is 0. The number of alkyl halides is 4. The number of hydrogen-bond donors (Lipinski definition) is 0. The number of aromatic nitrogens is 2. The molecule has 0 aliphatic carbocycles. The van der Waals surface area contributed by atoms with E-state index in [0.717, 1.165) is 0 Å². The van der Waals surface area contributed by atoms with Gasteiger partial charge < -0.3 is 0 Å². The Morgan fingerprint density at radius 3 is 2.33 bits per heavy atom. The Kier molecular flexibility index (Phi) is 3.71. The predicted octanol–water partition coefficient (Wildman–Crippen LogP) is 3.48. The Morgan fingerprint density at radius 2 is 2.00 bits per heavy atom. The molecule has 1 aromatic rings. The molecule has 0 amide bonds. The fraction of sp³-hybridized carbons (Fsp3) is 0.625. The molecule has 0 spiro atoms. The van der Waals surface area contributed by atoms with Gasteiger partial charge in [-0.3, -0.25) is 4.68 Å². The Hall–Kier alpha value is -0.230. The fourth-order valence-electron chi connectivity index (χ4n) is 1.11. The molecule has 7 heteroatoms. The number of nitrogens with zero attached hydrogens (tertiary/aromatic N) is 2. The van der Waals surface area contributed by atoms with Crippen LogP contribution in [0.2, 0.25) is 5.02 Å². The SMILES string of the molecule is Cc1nn(CC(Br)C(F)(F)F)c(C)c1Cl. The number of hydrogen-bond acceptors (Lipinski definition) is 1. The molecule has 0 fully saturated rings. The van der Waals surface area contributed by atoms with E-state index in [4.69, 9.17) is 11.6 Å². The first kappa shape index (κ1) is 12.8. The van der Waals surface area contributed by atoms with Crippen LogP contribution in [0.5, 0.6) is 0 Å². The van der Waals surface area contributed by atoms with Gasteiger partial charge in [0.25, 0.3) is 0 Å². The fourth-order valence-corrected chi connectivity index (χ4v) is 1.52. The lowest BCUT2D eigenvalue weighted by Gasteiger charge is -2.14. The van der Waals surface area contributed by atoms with Gasteiger partial charge in [0.1, 0.15) is 4.83 Å². The molecule has 0 saturated heterocycles. The molecule has 0 aromatic carbocycles. The maximum atomic E-state index is 12.3. The minimum absolute atomic E-state index is 0.275. The molecular formula is C8H9BrClF3N2. The Labute approximate surface area is 98.5 Å². The molecule has 0 bridgehead atoms. The van der Waals surface area contributed by atoms with Crippen LogP contribution in [0.4, 0.5) is 13.2 Å². The summed E-state index contributed by atoms with van der Waals surface area (Å²) in [5, 5.41) is 4.33. The first-order valence-electron chi connectivity index (χ1n) is 4.13. The van der Waals surface area contributed by atoms with Crippen LogP contribution in [0.15, 0.2) is 0 Å². The first-order chi connectivity index (χ1) is 6.73. The Balaban J connectivity index is 2.86. The van der Waals surface area contributed by atoms with Gasteiger partial charge in [-0.2, -0.15) is 18.3 Å². The van der Waals surface area contributed by atoms with Gasteiger partial charge in [-0.25, -0.2) is 0 Å². The smallest absolute Gasteiger partial charge is 0.267 e. The third-order valence-corrected chi connectivity index (χ3v) is 3.34. The Bertz CT molecular complexity index is 362. The average Bonchev–Trinajstić information content (AvgIpc) is 2.32. The average molecular weight is 306 g/mol. The maximum Gasteiger partial charge on any atom is 0.403 e. The summed E-state index contributed by atoms with van der Waals surface area (Å²) in [7, 11) is 0. The van der Waals surface area contributed by atoms with Crippen LogP contribution in [0.3, 0.4) is 0 Å². The van der Waals surface area contributed by atoms with Gasteiger partial charge in [-0.15, -0.1) is 0 Å². The lowest BCUT2D eigenvalue weighted by Crippen LogP contribution is -2.28. The summed E-state index contributed by atoms with van der Waals surface area (Å²) in [5.74, 6) is 0. The highest BCUT2D eigenvalue weighted by Gasteiger charge is 2.38. The second-order valence-corrected chi connectivity index (χ2v) is 4.66. The van der Waals surface area contributed by atoms with Crippen LogP contribution in [-0.2, 0) is 6.54 Å². The van der Waals surface area contributed by atoms with Gasteiger partial charge in [0, 0.05) is 0 Å². The Morgan fingerprint density at radius 1 is 1.47 bits per heavy atom. The van der Waals surface area contributed by atoms with E-state index >= 15 is 0 Å². The zero-order valence-electron chi connectivity index (χ0n) is 8.07. The molecule has 1 aromatic heterocycles. The summed E-state index contributed by atoms with van der Waals surface area (Å²) in [6.07, 6.45) is -4.28. The molecule has 15 heavy (non-hydrogen) atoms. The molecular weight excluding hydrogens is 296 g/mol. The lowest BCUT2D eigenvalue weighted by molar-refractivity contribution is -0.129. The van der Waals surface area contributed by atoms with Crippen molar-refractivity contribution >= 4 is 27.5 Å². The molecule has 86 valence electrons. The summed E-state index contributed by atoms with van der Waals surface area (Å²) >= 11 is 8.39. The third kappa shape index (κ3) is 2.87.